The summed E-state index contributed by atoms with van der Waals surface area (Å²) in [6.07, 6.45) is 4.64. The van der Waals surface area contributed by atoms with Gasteiger partial charge in [0.25, 0.3) is 0 Å². The van der Waals surface area contributed by atoms with Crippen LogP contribution in [0.1, 0.15) is 65.9 Å². The first-order valence-electron chi connectivity index (χ1n) is 8.52. The molecular formula is C19H33NO. The zero-order valence-electron chi connectivity index (χ0n) is 14.5. The molecule has 0 heterocycles. The van der Waals surface area contributed by atoms with Crippen LogP contribution < -0.4 is 10.1 Å². The summed E-state index contributed by atoms with van der Waals surface area (Å²) in [6.45, 7) is 13.0. The molecule has 21 heavy (non-hydrogen) atoms. The fourth-order valence-electron chi connectivity index (χ4n) is 2.53. The van der Waals surface area contributed by atoms with Gasteiger partial charge in [0.1, 0.15) is 5.75 Å². The second-order valence-electron chi connectivity index (χ2n) is 6.37. The molecular weight excluding hydrogens is 258 g/mol. The second kappa shape index (κ2) is 9.09. The Bertz CT molecular complexity index is 371. The minimum atomic E-state index is 0.284. The van der Waals surface area contributed by atoms with E-state index in [-0.39, 0.29) is 5.54 Å². The molecule has 0 aromatic heterocycles. The number of hydrogen-bond donors (Lipinski definition) is 1. The third kappa shape index (κ3) is 6.09. The highest BCUT2D eigenvalue weighted by atomic mass is 16.5. The topological polar surface area (TPSA) is 21.3 Å². The minimum Gasteiger partial charge on any atom is -0.494 e. The van der Waals surface area contributed by atoms with Crippen molar-refractivity contribution < 1.29 is 4.74 Å². The predicted octanol–water partition coefficient (Wildman–Crippen LogP) is 5.17. The van der Waals surface area contributed by atoms with E-state index < -0.39 is 0 Å². The van der Waals surface area contributed by atoms with Gasteiger partial charge < -0.3 is 10.1 Å². The maximum Gasteiger partial charge on any atom is 0.119 e. The molecule has 0 amide bonds. The molecule has 1 N–H and O–H groups in total. The first kappa shape index (κ1) is 18.0. The third-order valence-corrected chi connectivity index (χ3v) is 4.59. The number of rotatable bonds is 10. The lowest BCUT2D eigenvalue weighted by Gasteiger charge is -2.32. The van der Waals surface area contributed by atoms with Crippen LogP contribution in [0.2, 0.25) is 0 Å². The zero-order valence-corrected chi connectivity index (χ0v) is 14.5. The molecule has 1 aromatic carbocycles. The van der Waals surface area contributed by atoms with E-state index in [1.165, 1.54) is 24.8 Å². The molecule has 0 aliphatic rings. The zero-order chi connectivity index (χ0) is 15.7. The van der Waals surface area contributed by atoms with E-state index in [0.29, 0.717) is 5.92 Å². The summed E-state index contributed by atoms with van der Waals surface area (Å²) < 4.78 is 5.76. The van der Waals surface area contributed by atoms with Crippen molar-refractivity contribution in [1.82, 2.24) is 5.32 Å². The van der Waals surface area contributed by atoms with Crippen molar-refractivity contribution >= 4 is 0 Å². The van der Waals surface area contributed by atoms with E-state index in [1.807, 2.05) is 0 Å². The van der Waals surface area contributed by atoms with Crippen molar-refractivity contribution in [3.63, 3.8) is 0 Å². The van der Waals surface area contributed by atoms with Crippen LogP contribution in [0.4, 0.5) is 0 Å². The molecule has 0 radical (unpaired) electrons. The average Bonchev–Trinajstić information content (AvgIpc) is 2.50. The van der Waals surface area contributed by atoms with Gasteiger partial charge in [0.05, 0.1) is 6.61 Å². The Morgan fingerprint density at radius 2 is 1.57 bits per heavy atom. The molecule has 0 bridgehead atoms. The van der Waals surface area contributed by atoms with Crippen molar-refractivity contribution in [2.75, 3.05) is 6.61 Å². The second-order valence-corrected chi connectivity index (χ2v) is 6.37. The molecule has 0 spiro atoms. The van der Waals surface area contributed by atoms with Crippen molar-refractivity contribution in [3.05, 3.63) is 29.8 Å². The summed E-state index contributed by atoms with van der Waals surface area (Å²) in [5.41, 5.74) is 1.61. The highest BCUT2D eigenvalue weighted by Crippen LogP contribution is 2.20. The molecule has 1 aromatic rings. The lowest BCUT2D eigenvalue weighted by Crippen LogP contribution is -2.43. The maximum atomic E-state index is 5.76. The highest BCUT2D eigenvalue weighted by molar-refractivity contribution is 5.27. The van der Waals surface area contributed by atoms with Gasteiger partial charge in [0.15, 0.2) is 0 Å². The van der Waals surface area contributed by atoms with Gasteiger partial charge in [-0.25, -0.2) is 0 Å². The average molecular weight is 291 g/mol. The van der Waals surface area contributed by atoms with Crippen molar-refractivity contribution in [2.24, 2.45) is 5.92 Å². The van der Waals surface area contributed by atoms with Crippen molar-refractivity contribution in [1.29, 1.82) is 0 Å². The first-order chi connectivity index (χ1) is 10.0. The van der Waals surface area contributed by atoms with Crippen molar-refractivity contribution in [2.45, 2.75) is 72.4 Å². The van der Waals surface area contributed by atoms with Crippen LogP contribution in [0.3, 0.4) is 0 Å². The normalized spacial score (nSPS) is 11.9. The summed E-state index contributed by atoms with van der Waals surface area (Å²) >= 11 is 0. The molecule has 0 saturated heterocycles. The molecule has 0 atom stereocenters. The van der Waals surface area contributed by atoms with Crippen LogP contribution in [-0.4, -0.2) is 12.1 Å². The van der Waals surface area contributed by atoms with Crippen LogP contribution in [0.15, 0.2) is 24.3 Å². The van der Waals surface area contributed by atoms with Gasteiger partial charge in [-0.3, -0.25) is 0 Å². The van der Waals surface area contributed by atoms with Crippen LogP contribution in [0.5, 0.6) is 5.75 Å². The summed E-state index contributed by atoms with van der Waals surface area (Å²) in [6, 6.07) is 8.51. The molecule has 120 valence electrons. The number of hydrogen-bond acceptors (Lipinski definition) is 2. The lowest BCUT2D eigenvalue weighted by atomic mass is 9.89. The summed E-state index contributed by atoms with van der Waals surface area (Å²) in [5.74, 6) is 1.67. The van der Waals surface area contributed by atoms with E-state index in [4.69, 9.17) is 4.74 Å². The number of nitrogens with one attached hydrogen (secondary N) is 1. The smallest absolute Gasteiger partial charge is 0.119 e. The van der Waals surface area contributed by atoms with Gasteiger partial charge >= 0.3 is 0 Å². The Kier molecular flexibility index (Phi) is 7.81. The molecule has 1 rings (SSSR count). The fraction of sp³-hybridized carbons (Fsp3) is 0.684. The van der Waals surface area contributed by atoms with Gasteiger partial charge in [0.2, 0.25) is 0 Å². The minimum absolute atomic E-state index is 0.284. The summed E-state index contributed by atoms with van der Waals surface area (Å²) in [5, 5.41) is 3.74. The monoisotopic (exact) mass is 291 g/mol. The Hall–Kier alpha value is -1.02. The summed E-state index contributed by atoms with van der Waals surface area (Å²) in [4.78, 5) is 0. The van der Waals surface area contributed by atoms with E-state index >= 15 is 0 Å². The van der Waals surface area contributed by atoms with E-state index in [0.717, 1.165) is 25.3 Å². The van der Waals surface area contributed by atoms with Gasteiger partial charge in [-0.1, -0.05) is 46.8 Å². The Morgan fingerprint density at radius 1 is 1.00 bits per heavy atom. The quantitative estimate of drug-likeness (QED) is 0.642. The van der Waals surface area contributed by atoms with E-state index in [2.05, 4.69) is 64.2 Å². The standard InChI is InChI=1S/C19H33NO/c1-6-19(7-2,8-3)20-15-17-9-11-18(12-10-17)21-14-13-16(4)5/h9-12,16,20H,6-8,13-15H2,1-5H3. The third-order valence-electron chi connectivity index (χ3n) is 4.59. The van der Waals surface area contributed by atoms with E-state index in [1.54, 1.807) is 0 Å². The molecule has 0 aliphatic carbocycles. The molecule has 2 nitrogen and oxygen atoms in total. The Balaban J connectivity index is 2.47. The van der Waals surface area contributed by atoms with Gasteiger partial charge in [-0.2, -0.15) is 0 Å². The largest absolute Gasteiger partial charge is 0.494 e. The lowest BCUT2D eigenvalue weighted by molar-refractivity contribution is 0.286. The molecule has 0 fully saturated rings. The van der Waals surface area contributed by atoms with E-state index in [9.17, 15) is 0 Å². The maximum absolute atomic E-state index is 5.76. The number of benzene rings is 1. The SMILES string of the molecule is CCC(CC)(CC)NCc1ccc(OCCC(C)C)cc1. The van der Waals surface area contributed by atoms with Crippen LogP contribution in [0.25, 0.3) is 0 Å². The number of ether oxygens (including phenoxy) is 1. The fourth-order valence-corrected chi connectivity index (χ4v) is 2.53. The molecule has 0 aliphatic heterocycles. The molecule has 0 unspecified atom stereocenters. The van der Waals surface area contributed by atoms with Gasteiger partial charge in [0, 0.05) is 12.1 Å². The van der Waals surface area contributed by atoms with Crippen LogP contribution in [-0.2, 0) is 6.54 Å². The molecule has 0 saturated carbocycles. The predicted molar refractivity (Wildman–Crippen MR) is 91.8 cm³/mol. The molecule has 2 heteroatoms. The van der Waals surface area contributed by atoms with Crippen molar-refractivity contribution in [3.8, 4) is 5.75 Å². The van der Waals surface area contributed by atoms with Gasteiger partial charge in [-0.15, -0.1) is 0 Å². The van der Waals surface area contributed by atoms with Crippen LogP contribution >= 0.6 is 0 Å². The van der Waals surface area contributed by atoms with Crippen LogP contribution in [0, 0.1) is 5.92 Å². The first-order valence-corrected chi connectivity index (χ1v) is 8.52. The highest BCUT2D eigenvalue weighted by Gasteiger charge is 2.22. The Morgan fingerprint density at radius 3 is 2.05 bits per heavy atom. The Labute approximate surface area is 131 Å². The summed E-state index contributed by atoms with van der Waals surface area (Å²) in [7, 11) is 0. The van der Waals surface area contributed by atoms with Gasteiger partial charge in [-0.05, 0) is 49.3 Å².